The number of halogens is 2. The maximum Gasteiger partial charge on any atom is 0.338 e. The van der Waals surface area contributed by atoms with Gasteiger partial charge in [-0.25, -0.2) is 23.9 Å². The van der Waals surface area contributed by atoms with Crippen LogP contribution in [0.1, 0.15) is 45.4 Å². The van der Waals surface area contributed by atoms with Crippen LogP contribution in [0, 0.1) is 18.7 Å². The van der Waals surface area contributed by atoms with E-state index in [1.165, 1.54) is 37.7 Å². The van der Waals surface area contributed by atoms with Crippen LogP contribution in [0.3, 0.4) is 0 Å². The van der Waals surface area contributed by atoms with E-state index in [0.29, 0.717) is 65.0 Å². The number of aromatic nitrogens is 2. The Bertz CT molecular complexity index is 1500. The average Bonchev–Trinajstić information content (AvgIpc) is 3.51. The first kappa shape index (κ1) is 27.7. The van der Waals surface area contributed by atoms with Crippen LogP contribution in [0.5, 0.6) is 0 Å². The van der Waals surface area contributed by atoms with Crippen LogP contribution in [0.25, 0.3) is 0 Å². The molecule has 5 rings (SSSR count). The molecule has 12 heteroatoms. The zero-order valence-corrected chi connectivity index (χ0v) is 23.7. The van der Waals surface area contributed by atoms with Crippen molar-refractivity contribution in [3.8, 4) is 0 Å². The van der Waals surface area contributed by atoms with Crippen molar-refractivity contribution in [2.24, 2.45) is 10.9 Å². The van der Waals surface area contributed by atoms with Crippen LogP contribution in [-0.4, -0.2) is 55.1 Å². The number of carbonyl (C=O) groups excluding carboxylic acids is 2. The van der Waals surface area contributed by atoms with E-state index < -0.39 is 23.8 Å². The van der Waals surface area contributed by atoms with E-state index in [4.69, 9.17) is 26.1 Å². The quantitative estimate of drug-likeness (QED) is 0.410. The van der Waals surface area contributed by atoms with Crippen molar-refractivity contribution in [2.75, 3.05) is 32.2 Å². The summed E-state index contributed by atoms with van der Waals surface area (Å²) in [5.41, 5.74) is 2.72. The van der Waals surface area contributed by atoms with Crippen molar-refractivity contribution < 1.29 is 23.5 Å². The fourth-order valence-electron chi connectivity index (χ4n) is 5.03. The van der Waals surface area contributed by atoms with Gasteiger partial charge in [0, 0.05) is 53.1 Å². The molecule has 2 aromatic heterocycles. The molecule has 1 unspecified atom stereocenters. The predicted octanol–water partition coefficient (Wildman–Crippen LogP) is 4.86. The molecule has 208 valence electrons. The van der Waals surface area contributed by atoms with E-state index in [0.717, 1.165) is 5.56 Å². The van der Waals surface area contributed by atoms with Crippen LogP contribution in [-0.2, 0) is 14.3 Å². The minimum absolute atomic E-state index is 0.0527. The van der Waals surface area contributed by atoms with Crippen molar-refractivity contribution >= 4 is 46.5 Å². The minimum atomic E-state index is -0.810. The van der Waals surface area contributed by atoms with Gasteiger partial charge in [-0.2, -0.15) is 0 Å². The SMILES string of the molecule is COC(=O)C1=C(C2CCN(c3cc(C(=O)OC)c(C)cn3)CC2)NC(c2nccs2)=NC1c1ccc(F)cc1Cl. The number of rotatable bonds is 6. The number of amidine groups is 1. The zero-order valence-electron chi connectivity index (χ0n) is 22.1. The molecule has 2 aliphatic rings. The van der Waals surface area contributed by atoms with Crippen molar-refractivity contribution in [1.29, 1.82) is 0 Å². The van der Waals surface area contributed by atoms with Crippen molar-refractivity contribution in [1.82, 2.24) is 15.3 Å². The highest BCUT2D eigenvalue weighted by atomic mass is 35.5. The summed E-state index contributed by atoms with van der Waals surface area (Å²) in [6.07, 6.45) is 4.71. The maximum atomic E-state index is 13.9. The first-order valence-corrected chi connectivity index (χ1v) is 13.9. The Hall–Kier alpha value is -3.83. The second kappa shape index (κ2) is 11.7. The Labute approximate surface area is 239 Å². The number of aliphatic imine (C=N–C) groups is 1. The van der Waals surface area contributed by atoms with Gasteiger partial charge in [-0.3, -0.25) is 4.99 Å². The number of hydrogen-bond donors (Lipinski definition) is 1. The number of esters is 2. The fourth-order valence-corrected chi connectivity index (χ4v) is 5.89. The number of methoxy groups -OCH3 is 2. The molecule has 9 nitrogen and oxygen atoms in total. The minimum Gasteiger partial charge on any atom is -0.466 e. The molecule has 0 aliphatic carbocycles. The maximum absolute atomic E-state index is 13.9. The van der Waals surface area contributed by atoms with Crippen molar-refractivity contribution in [2.45, 2.75) is 25.8 Å². The zero-order chi connectivity index (χ0) is 28.4. The van der Waals surface area contributed by atoms with E-state index in [1.54, 1.807) is 24.5 Å². The van der Waals surface area contributed by atoms with Gasteiger partial charge in [0.05, 0.1) is 25.4 Å². The normalized spacial score (nSPS) is 17.8. The molecule has 1 N–H and O–H groups in total. The van der Waals surface area contributed by atoms with Gasteiger partial charge in [-0.05, 0) is 43.5 Å². The van der Waals surface area contributed by atoms with Crippen LogP contribution in [0.15, 0.2) is 58.3 Å². The number of aryl methyl sites for hydroxylation is 1. The smallest absolute Gasteiger partial charge is 0.338 e. The molecule has 1 saturated heterocycles. The lowest BCUT2D eigenvalue weighted by Gasteiger charge is -2.37. The van der Waals surface area contributed by atoms with E-state index >= 15 is 0 Å². The highest BCUT2D eigenvalue weighted by Gasteiger charge is 2.37. The molecule has 0 bridgehead atoms. The molecule has 1 fully saturated rings. The van der Waals surface area contributed by atoms with E-state index in [2.05, 4.69) is 20.2 Å². The lowest BCUT2D eigenvalue weighted by atomic mass is 9.85. The molecule has 0 amide bonds. The predicted molar refractivity (Wildman–Crippen MR) is 150 cm³/mol. The number of piperidine rings is 1. The number of hydrogen-bond acceptors (Lipinski definition) is 10. The molecule has 0 spiro atoms. The monoisotopic (exact) mass is 583 g/mol. The van der Waals surface area contributed by atoms with Gasteiger partial charge in [0.25, 0.3) is 0 Å². The molecule has 3 aromatic rings. The molecule has 4 heterocycles. The number of carbonyl (C=O) groups is 2. The van der Waals surface area contributed by atoms with E-state index in [9.17, 15) is 14.0 Å². The summed E-state index contributed by atoms with van der Waals surface area (Å²) < 4.78 is 24.0. The molecule has 1 atom stereocenters. The average molecular weight is 584 g/mol. The summed E-state index contributed by atoms with van der Waals surface area (Å²) in [6.45, 7) is 3.08. The summed E-state index contributed by atoms with van der Waals surface area (Å²) >= 11 is 7.87. The summed E-state index contributed by atoms with van der Waals surface area (Å²) in [5.74, 6) is -0.293. The Kier molecular flexibility index (Phi) is 8.13. The number of thiazole rings is 1. The van der Waals surface area contributed by atoms with Gasteiger partial charge >= 0.3 is 11.9 Å². The Morgan fingerprint density at radius 3 is 2.52 bits per heavy atom. The number of nitrogens with zero attached hydrogens (tertiary/aromatic N) is 4. The van der Waals surface area contributed by atoms with Crippen molar-refractivity contribution in [3.05, 3.63) is 85.8 Å². The second-order valence-corrected chi connectivity index (χ2v) is 10.7. The third-order valence-electron chi connectivity index (χ3n) is 7.09. The lowest BCUT2D eigenvalue weighted by Crippen LogP contribution is -2.41. The number of benzene rings is 1. The van der Waals surface area contributed by atoms with E-state index in [-0.39, 0.29) is 10.9 Å². The van der Waals surface area contributed by atoms with Gasteiger partial charge in [0.2, 0.25) is 0 Å². The van der Waals surface area contributed by atoms with E-state index in [1.807, 2.05) is 12.3 Å². The summed E-state index contributed by atoms with van der Waals surface area (Å²) in [5, 5.41) is 6.04. The first-order valence-electron chi connectivity index (χ1n) is 12.6. The second-order valence-electron chi connectivity index (χ2n) is 9.44. The van der Waals surface area contributed by atoms with Gasteiger partial charge in [-0.1, -0.05) is 17.7 Å². The highest BCUT2D eigenvalue weighted by molar-refractivity contribution is 7.11. The number of anilines is 1. The first-order chi connectivity index (χ1) is 19.3. The Morgan fingerprint density at radius 2 is 1.88 bits per heavy atom. The van der Waals surface area contributed by atoms with Gasteiger partial charge < -0.3 is 19.7 Å². The van der Waals surface area contributed by atoms with Crippen LogP contribution in [0.2, 0.25) is 5.02 Å². The Balaban J connectivity index is 1.49. The summed E-state index contributed by atoms with van der Waals surface area (Å²) in [4.78, 5) is 41.3. The van der Waals surface area contributed by atoms with Gasteiger partial charge in [-0.15, -0.1) is 11.3 Å². The highest BCUT2D eigenvalue weighted by Crippen LogP contribution is 2.40. The fraction of sp³-hybridized carbons (Fsp3) is 0.321. The van der Waals surface area contributed by atoms with Crippen LogP contribution in [0.4, 0.5) is 10.2 Å². The van der Waals surface area contributed by atoms with Gasteiger partial charge in [0.1, 0.15) is 17.7 Å². The molecule has 40 heavy (non-hydrogen) atoms. The largest absolute Gasteiger partial charge is 0.466 e. The molecule has 0 saturated carbocycles. The van der Waals surface area contributed by atoms with Gasteiger partial charge in [0.15, 0.2) is 10.8 Å². The summed E-state index contributed by atoms with van der Waals surface area (Å²) in [6, 6.07) is 4.99. The van der Waals surface area contributed by atoms with Crippen LogP contribution >= 0.6 is 22.9 Å². The van der Waals surface area contributed by atoms with Crippen LogP contribution < -0.4 is 10.2 Å². The summed E-state index contributed by atoms with van der Waals surface area (Å²) in [7, 11) is 2.67. The number of nitrogens with one attached hydrogen (secondary N) is 1. The molecule has 1 aromatic carbocycles. The third-order valence-corrected chi connectivity index (χ3v) is 8.20. The third kappa shape index (κ3) is 5.44. The lowest BCUT2D eigenvalue weighted by molar-refractivity contribution is -0.136. The standard InChI is InChI=1S/C28H27ClFN5O4S/c1-15-14-32-21(13-19(15)27(36)38-2)35-9-6-16(7-10-35)23-22(28(37)39-3)24(18-5-4-17(30)12-20(18)29)34-25(33-23)26-31-8-11-40-26/h4-5,8,11-14,16,24H,6-7,9-10H2,1-3H3,(H,33,34). The Morgan fingerprint density at radius 1 is 1.12 bits per heavy atom. The molecular weight excluding hydrogens is 557 g/mol. The number of pyridine rings is 1. The topological polar surface area (TPSA) is 106 Å². The number of allylic oxidation sites excluding steroid dienone is 1. The number of ether oxygens (including phenoxy) is 2. The molecule has 0 radical (unpaired) electrons. The molecule has 2 aliphatic heterocycles. The van der Waals surface area contributed by atoms with Crippen molar-refractivity contribution in [3.63, 3.8) is 0 Å². The molecular formula is C28H27ClFN5O4S.